The highest BCUT2D eigenvalue weighted by Gasteiger charge is 2.12. The van der Waals surface area contributed by atoms with E-state index in [1.54, 1.807) is 48.5 Å². The van der Waals surface area contributed by atoms with Crippen LogP contribution in [-0.2, 0) is 11.2 Å². The minimum Gasteiger partial charge on any atom is -0.423 e. The fraction of sp³-hybridized carbons (Fsp3) is 0.0667. The fourth-order valence-electron chi connectivity index (χ4n) is 1.63. The first kappa shape index (κ1) is 13.3. The van der Waals surface area contributed by atoms with E-state index in [1.165, 1.54) is 0 Å². The molecule has 0 aliphatic rings. The van der Waals surface area contributed by atoms with Gasteiger partial charge in [-0.05, 0) is 29.8 Å². The predicted octanol–water partition coefficient (Wildman–Crippen LogP) is 3.21. The topological polar surface area (TPSA) is 43.4 Å². The van der Waals surface area contributed by atoms with E-state index in [9.17, 15) is 9.59 Å². The van der Waals surface area contributed by atoms with E-state index in [-0.39, 0.29) is 6.42 Å². The van der Waals surface area contributed by atoms with Crippen LogP contribution in [0.25, 0.3) is 0 Å². The van der Waals surface area contributed by atoms with Gasteiger partial charge in [-0.2, -0.15) is 0 Å². The van der Waals surface area contributed by atoms with Crippen molar-refractivity contribution in [3.63, 3.8) is 0 Å². The summed E-state index contributed by atoms with van der Waals surface area (Å²) in [6, 6.07) is 15.5. The van der Waals surface area contributed by atoms with Crippen LogP contribution in [0.1, 0.15) is 15.9 Å². The molecule has 0 bridgehead atoms. The SMILES string of the molecule is O=C(Cl)Cc1ccccc1OC(=O)c1ccccc1. The maximum Gasteiger partial charge on any atom is 0.343 e. The van der Waals surface area contributed by atoms with Crippen molar-refractivity contribution in [3.05, 3.63) is 65.7 Å². The summed E-state index contributed by atoms with van der Waals surface area (Å²) in [6.07, 6.45) is 0.0276. The molecule has 0 heterocycles. The molecule has 0 radical (unpaired) electrons. The number of carbonyl (C=O) groups is 2. The number of esters is 1. The summed E-state index contributed by atoms with van der Waals surface area (Å²) in [5.74, 6) is -0.111. The molecule has 0 saturated carbocycles. The molecule has 0 fully saturated rings. The van der Waals surface area contributed by atoms with E-state index < -0.39 is 11.2 Å². The molecule has 0 aliphatic heterocycles. The summed E-state index contributed by atoms with van der Waals surface area (Å²) >= 11 is 5.36. The maximum absolute atomic E-state index is 11.9. The van der Waals surface area contributed by atoms with Gasteiger partial charge in [0.1, 0.15) is 5.75 Å². The Morgan fingerprint density at radius 1 is 0.947 bits per heavy atom. The van der Waals surface area contributed by atoms with Crippen molar-refractivity contribution >= 4 is 22.8 Å². The molecular weight excluding hydrogens is 264 g/mol. The normalized spacial score (nSPS) is 9.95. The average Bonchev–Trinajstić information content (AvgIpc) is 2.41. The van der Waals surface area contributed by atoms with Crippen LogP contribution in [0, 0.1) is 0 Å². The molecule has 96 valence electrons. The third kappa shape index (κ3) is 3.66. The van der Waals surface area contributed by atoms with Crippen molar-refractivity contribution in [2.75, 3.05) is 0 Å². The number of para-hydroxylation sites is 1. The van der Waals surface area contributed by atoms with Crippen LogP contribution in [0.15, 0.2) is 54.6 Å². The first-order chi connectivity index (χ1) is 9.16. The van der Waals surface area contributed by atoms with Gasteiger partial charge in [-0.25, -0.2) is 4.79 Å². The van der Waals surface area contributed by atoms with Crippen molar-refractivity contribution in [2.45, 2.75) is 6.42 Å². The fourth-order valence-corrected chi connectivity index (χ4v) is 1.78. The Morgan fingerprint density at radius 3 is 2.26 bits per heavy atom. The highest BCUT2D eigenvalue weighted by atomic mass is 35.5. The Kier molecular flexibility index (Phi) is 4.31. The lowest BCUT2D eigenvalue weighted by Gasteiger charge is -2.08. The Bertz CT molecular complexity index is 593. The summed E-state index contributed by atoms with van der Waals surface area (Å²) in [5.41, 5.74) is 1.04. The van der Waals surface area contributed by atoms with Crippen molar-refractivity contribution in [1.29, 1.82) is 0 Å². The maximum atomic E-state index is 11.9. The molecule has 19 heavy (non-hydrogen) atoms. The molecule has 0 amide bonds. The van der Waals surface area contributed by atoms with Crippen molar-refractivity contribution in [1.82, 2.24) is 0 Å². The van der Waals surface area contributed by atoms with Gasteiger partial charge in [-0.1, -0.05) is 36.4 Å². The number of hydrogen-bond donors (Lipinski definition) is 0. The monoisotopic (exact) mass is 274 g/mol. The number of hydrogen-bond acceptors (Lipinski definition) is 3. The summed E-state index contributed by atoms with van der Waals surface area (Å²) in [6.45, 7) is 0. The van der Waals surface area contributed by atoms with Gasteiger partial charge in [0.2, 0.25) is 5.24 Å². The summed E-state index contributed by atoms with van der Waals surface area (Å²) < 4.78 is 5.28. The first-order valence-corrected chi connectivity index (χ1v) is 6.08. The van der Waals surface area contributed by atoms with Crippen LogP contribution in [0.4, 0.5) is 0 Å². The molecule has 2 aromatic carbocycles. The molecule has 0 atom stereocenters. The largest absolute Gasteiger partial charge is 0.423 e. The van der Waals surface area contributed by atoms with E-state index in [0.717, 1.165) is 0 Å². The molecule has 0 aliphatic carbocycles. The van der Waals surface area contributed by atoms with E-state index in [0.29, 0.717) is 16.9 Å². The molecule has 0 aromatic heterocycles. The van der Waals surface area contributed by atoms with Crippen LogP contribution in [0.3, 0.4) is 0 Å². The number of rotatable bonds is 4. The van der Waals surface area contributed by atoms with E-state index in [2.05, 4.69) is 0 Å². The number of benzene rings is 2. The molecular formula is C15H11ClO3. The minimum absolute atomic E-state index is 0.0276. The highest BCUT2D eigenvalue weighted by molar-refractivity contribution is 6.63. The zero-order valence-electron chi connectivity index (χ0n) is 10.0. The zero-order valence-corrected chi connectivity index (χ0v) is 10.8. The summed E-state index contributed by atoms with van der Waals surface area (Å²) in [7, 11) is 0. The summed E-state index contributed by atoms with van der Waals surface area (Å²) in [5, 5.41) is -0.497. The number of halogens is 1. The second-order valence-corrected chi connectivity index (χ2v) is 4.32. The van der Waals surface area contributed by atoms with E-state index in [4.69, 9.17) is 16.3 Å². The lowest BCUT2D eigenvalue weighted by Crippen LogP contribution is -2.10. The number of carbonyl (C=O) groups excluding carboxylic acids is 2. The van der Waals surface area contributed by atoms with Crippen LogP contribution in [-0.4, -0.2) is 11.2 Å². The lowest BCUT2D eigenvalue weighted by molar-refractivity contribution is -0.111. The third-order valence-corrected chi connectivity index (χ3v) is 2.65. The Morgan fingerprint density at radius 2 is 1.58 bits per heavy atom. The minimum atomic E-state index is -0.497. The predicted molar refractivity (Wildman–Crippen MR) is 72.4 cm³/mol. The van der Waals surface area contributed by atoms with Gasteiger partial charge in [-0.3, -0.25) is 4.79 Å². The molecule has 0 saturated heterocycles. The standard InChI is InChI=1S/C15H11ClO3/c16-14(17)10-12-8-4-5-9-13(12)19-15(18)11-6-2-1-3-7-11/h1-9H,10H2. The van der Waals surface area contributed by atoms with Gasteiger partial charge in [0.15, 0.2) is 0 Å². The third-order valence-electron chi connectivity index (χ3n) is 2.51. The van der Waals surface area contributed by atoms with Crippen LogP contribution in [0.5, 0.6) is 5.75 Å². The second kappa shape index (κ2) is 6.16. The van der Waals surface area contributed by atoms with E-state index in [1.807, 2.05) is 6.07 Å². The van der Waals surface area contributed by atoms with Crippen molar-refractivity contribution in [3.8, 4) is 5.75 Å². The van der Waals surface area contributed by atoms with Crippen LogP contribution < -0.4 is 4.74 Å². The molecule has 2 aromatic rings. The summed E-state index contributed by atoms with van der Waals surface area (Å²) in [4.78, 5) is 22.9. The lowest BCUT2D eigenvalue weighted by atomic mass is 10.1. The van der Waals surface area contributed by atoms with Crippen LogP contribution in [0.2, 0.25) is 0 Å². The smallest absolute Gasteiger partial charge is 0.343 e. The highest BCUT2D eigenvalue weighted by Crippen LogP contribution is 2.20. The quantitative estimate of drug-likeness (QED) is 0.488. The Hall–Kier alpha value is -2.13. The van der Waals surface area contributed by atoms with Crippen molar-refractivity contribution in [2.24, 2.45) is 0 Å². The molecule has 2 rings (SSSR count). The molecule has 0 N–H and O–H groups in total. The van der Waals surface area contributed by atoms with Gasteiger partial charge in [0, 0.05) is 5.56 Å². The zero-order chi connectivity index (χ0) is 13.7. The van der Waals surface area contributed by atoms with Gasteiger partial charge in [-0.15, -0.1) is 0 Å². The average molecular weight is 275 g/mol. The molecule has 4 heteroatoms. The van der Waals surface area contributed by atoms with Gasteiger partial charge < -0.3 is 4.74 Å². The van der Waals surface area contributed by atoms with E-state index >= 15 is 0 Å². The molecule has 0 unspecified atom stereocenters. The molecule has 0 spiro atoms. The number of ether oxygens (including phenoxy) is 1. The molecule has 3 nitrogen and oxygen atoms in total. The van der Waals surface area contributed by atoms with Crippen LogP contribution >= 0.6 is 11.6 Å². The van der Waals surface area contributed by atoms with Gasteiger partial charge in [0.25, 0.3) is 0 Å². The van der Waals surface area contributed by atoms with Crippen molar-refractivity contribution < 1.29 is 14.3 Å². The van der Waals surface area contributed by atoms with Gasteiger partial charge in [0.05, 0.1) is 12.0 Å². The Balaban J connectivity index is 2.19. The van der Waals surface area contributed by atoms with Gasteiger partial charge >= 0.3 is 5.97 Å². The Labute approximate surface area is 115 Å². The first-order valence-electron chi connectivity index (χ1n) is 5.70. The second-order valence-electron chi connectivity index (χ2n) is 3.90.